The SMILES string of the molecule is Cc1cccc([C@H](C)c2nccn2Cc2ccc(F)cc2Cl)c1C. The molecule has 1 aromatic heterocycles. The van der Waals surface area contributed by atoms with Crippen LogP contribution < -0.4 is 0 Å². The van der Waals surface area contributed by atoms with Gasteiger partial charge in [0.25, 0.3) is 0 Å². The first kappa shape index (κ1) is 16.7. The van der Waals surface area contributed by atoms with Crippen molar-refractivity contribution in [2.45, 2.75) is 33.2 Å². The monoisotopic (exact) mass is 342 g/mol. The smallest absolute Gasteiger partial charge is 0.124 e. The van der Waals surface area contributed by atoms with E-state index in [1.54, 1.807) is 12.3 Å². The molecular formula is C20H20ClFN2. The maximum atomic E-state index is 13.2. The Morgan fingerprint density at radius 1 is 1.21 bits per heavy atom. The van der Waals surface area contributed by atoms with E-state index in [-0.39, 0.29) is 11.7 Å². The van der Waals surface area contributed by atoms with Gasteiger partial charge in [0, 0.05) is 23.3 Å². The molecule has 0 radical (unpaired) electrons. The van der Waals surface area contributed by atoms with E-state index >= 15 is 0 Å². The molecule has 0 aliphatic heterocycles. The zero-order valence-electron chi connectivity index (χ0n) is 14.1. The lowest BCUT2D eigenvalue weighted by Gasteiger charge is -2.18. The van der Waals surface area contributed by atoms with Crippen LogP contribution in [0.25, 0.3) is 0 Å². The maximum Gasteiger partial charge on any atom is 0.124 e. The molecule has 0 N–H and O–H groups in total. The Morgan fingerprint density at radius 2 is 2.00 bits per heavy atom. The molecule has 0 saturated heterocycles. The van der Waals surface area contributed by atoms with Gasteiger partial charge in [-0.15, -0.1) is 0 Å². The summed E-state index contributed by atoms with van der Waals surface area (Å²) >= 11 is 6.17. The Kier molecular flexibility index (Phi) is 4.72. The number of aryl methyl sites for hydroxylation is 1. The van der Waals surface area contributed by atoms with E-state index < -0.39 is 0 Å². The lowest BCUT2D eigenvalue weighted by molar-refractivity contribution is 0.625. The number of imidazole rings is 1. The van der Waals surface area contributed by atoms with E-state index in [1.807, 2.05) is 6.20 Å². The molecule has 0 bridgehead atoms. The van der Waals surface area contributed by atoms with Crippen molar-refractivity contribution in [1.29, 1.82) is 0 Å². The predicted molar refractivity (Wildman–Crippen MR) is 96.2 cm³/mol. The van der Waals surface area contributed by atoms with Crippen molar-refractivity contribution >= 4 is 11.6 Å². The van der Waals surface area contributed by atoms with Gasteiger partial charge in [-0.1, -0.05) is 42.8 Å². The van der Waals surface area contributed by atoms with Gasteiger partial charge in [-0.3, -0.25) is 0 Å². The van der Waals surface area contributed by atoms with Crippen molar-refractivity contribution in [2.75, 3.05) is 0 Å². The molecule has 0 aliphatic rings. The second-order valence-corrected chi connectivity index (χ2v) is 6.57. The summed E-state index contributed by atoms with van der Waals surface area (Å²) in [5.74, 6) is 0.821. The van der Waals surface area contributed by atoms with Crippen LogP contribution >= 0.6 is 11.6 Å². The van der Waals surface area contributed by atoms with Crippen LogP contribution in [0.2, 0.25) is 5.02 Å². The molecule has 0 unspecified atom stereocenters. The number of halogens is 2. The summed E-state index contributed by atoms with van der Waals surface area (Å²) in [7, 11) is 0. The van der Waals surface area contributed by atoms with Gasteiger partial charge in [-0.25, -0.2) is 9.37 Å². The van der Waals surface area contributed by atoms with Gasteiger partial charge in [0.15, 0.2) is 0 Å². The molecule has 0 amide bonds. The minimum atomic E-state index is -0.321. The summed E-state index contributed by atoms with van der Waals surface area (Å²) in [4.78, 5) is 4.55. The van der Waals surface area contributed by atoms with E-state index in [0.29, 0.717) is 11.6 Å². The Balaban J connectivity index is 1.94. The maximum absolute atomic E-state index is 13.2. The van der Waals surface area contributed by atoms with Gasteiger partial charge < -0.3 is 4.57 Å². The highest BCUT2D eigenvalue weighted by molar-refractivity contribution is 6.31. The molecule has 124 valence electrons. The summed E-state index contributed by atoms with van der Waals surface area (Å²) in [5.41, 5.74) is 4.72. The molecule has 3 aromatic rings. The van der Waals surface area contributed by atoms with Crippen molar-refractivity contribution < 1.29 is 4.39 Å². The van der Waals surface area contributed by atoms with E-state index in [2.05, 4.69) is 48.5 Å². The topological polar surface area (TPSA) is 17.8 Å². The van der Waals surface area contributed by atoms with E-state index in [0.717, 1.165) is 11.4 Å². The van der Waals surface area contributed by atoms with Crippen LogP contribution in [0.3, 0.4) is 0 Å². The van der Waals surface area contributed by atoms with Crippen LogP contribution in [0.15, 0.2) is 48.8 Å². The highest BCUT2D eigenvalue weighted by atomic mass is 35.5. The van der Waals surface area contributed by atoms with Crippen molar-refractivity contribution in [3.05, 3.63) is 87.7 Å². The number of benzene rings is 2. The zero-order chi connectivity index (χ0) is 17.3. The standard InChI is InChI=1S/C20H20ClFN2/c1-13-5-4-6-18(14(13)2)15(3)20-23-9-10-24(20)12-16-7-8-17(22)11-19(16)21/h4-11,15H,12H2,1-3H3/t15-/m0/s1. The second-order valence-electron chi connectivity index (χ2n) is 6.16. The van der Waals surface area contributed by atoms with Crippen molar-refractivity contribution in [2.24, 2.45) is 0 Å². The third-order valence-electron chi connectivity index (χ3n) is 4.60. The zero-order valence-corrected chi connectivity index (χ0v) is 14.8. The summed E-state index contributed by atoms with van der Waals surface area (Å²) in [6.07, 6.45) is 3.74. The third-order valence-corrected chi connectivity index (χ3v) is 4.96. The van der Waals surface area contributed by atoms with E-state index in [4.69, 9.17) is 11.6 Å². The Hall–Kier alpha value is -2.13. The number of rotatable bonds is 4. The largest absolute Gasteiger partial charge is 0.330 e. The summed E-state index contributed by atoms with van der Waals surface area (Å²) in [6, 6.07) is 10.9. The first-order chi connectivity index (χ1) is 11.5. The molecule has 4 heteroatoms. The van der Waals surface area contributed by atoms with Gasteiger partial charge in [0.1, 0.15) is 11.6 Å². The fourth-order valence-corrected chi connectivity index (χ4v) is 3.28. The summed E-state index contributed by atoms with van der Waals surface area (Å²) in [6.45, 7) is 7.00. The fraction of sp³-hybridized carbons (Fsp3) is 0.250. The van der Waals surface area contributed by atoms with Gasteiger partial charge in [0.05, 0.1) is 6.54 Å². The van der Waals surface area contributed by atoms with Crippen molar-refractivity contribution in [3.63, 3.8) is 0 Å². The average molecular weight is 343 g/mol. The van der Waals surface area contributed by atoms with Crippen LogP contribution in [0.4, 0.5) is 4.39 Å². The summed E-state index contributed by atoms with van der Waals surface area (Å²) in [5, 5.41) is 0.439. The Morgan fingerprint density at radius 3 is 2.75 bits per heavy atom. The van der Waals surface area contributed by atoms with Crippen LogP contribution in [0, 0.1) is 19.7 Å². The van der Waals surface area contributed by atoms with Crippen LogP contribution in [0.5, 0.6) is 0 Å². The molecule has 0 fully saturated rings. The van der Waals surface area contributed by atoms with Crippen LogP contribution in [0.1, 0.15) is 40.9 Å². The second kappa shape index (κ2) is 6.78. The van der Waals surface area contributed by atoms with Gasteiger partial charge in [-0.2, -0.15) is 0 Å². The van der Waals surface area contributed by atoms with Gasteiger partial charge in [0.2, 0.25) is 0 Å². The lowest BCUT2D eigenvalue weighted by atomic mass is 9.93. The van der Waals surface area contributed by atoms with Crippen LogP contribution in [-0.4, -0.2) is 9.55 Å². The Bertz CT molecular complexity index is 870. The number of nitrogens with zero attached hydrogens (tertiary/aromatic N) is 2. The highest BCUT2D eigenvalue weighted by Gasteiger charge is 2.17. The van der Waals surface area contributed by atoms with Crippen LogP contribution in [-0.2, 0) is 6.54 Å². The first-order valence-electron chi connectivity index (χ1n) is 7.98. The molecule has 2 nitrogen and oxygen atoms in total. The molecule has 1 heterocycles. The number of aromatic nitrogens is 2. The molecular weight excluding hydrogens is 323 g/mol. The normalized spacial score (nSPS) is 12.4. The van der Waals surface area contributed by atoms with Gasteiger partial charge in [-0.05, 0) is 48.2 Å². The summed E-state index contributed by atoms with van der Waals surface area (Å²) < 4.78 is 15.3. The van der Waals surface area contributed by atoms with Crippen molar-refractivity contribution in [3.8, 4) is 0 Å². The molecule has 3 rings (SSSR count). The Labute approximate surface area is 146 Å². The lowest BCUT2D eigenvalue weighted by Crippen LogP contribution is -2.10. The predicted octanol–water partition coefficient (Wildman–Crippen LogP) is 5.49. The molecule has 24 heavy (non-hydrogen) atoms. The van der Waals surface area contributed by atoms with Gasteiger partial charge >= 0.3 is 0 Å². The fourth-order valence-electron chi connectivity index (χ4n) is 3.05. The molecule has 0 saturated carbocycles. The minimum Gasteiger partial charge on any atom is -0.330 e. The number of hydrogen-bond acceptors (Lipinski definition) is 1. The third kappa shape index (κ3) is 3.22. The average Bonchev–Trinajstić information content (AvgIpc) is 3.00. The quantitative estimate of drug-likeness (QED) is 0.612. The van der Waals surface area contributed by atoms with E-state index in [9.17, 15) is 4.39 Å². The molecule has 0 aliphatic carbocycles. The van der Waals surface area contributed by atoms with Crippen molar-refractivity contribution in [1.82, 2.24) is 9.55 Å². The minimum absolute atomic E-state index is 0.166. The highest BCUT2D eigenvalue weighted by Crippen LogP contribution is 2.28. The molecule has 2 aromatic carbocycles. The van der Waals surface area contributed by atoms with E-state index in [1.165, 1.54) is 28.8 Å². The molecule has 0 spiro atoms. The number of hydrogen-bond donors (Lipinski definition) is 0. The first-order valence-corrected chi connectivity index (χ1v) is 8.36. The molecule has 1 atom stereocenters.